The molecule has 0 spiro atoms. The Bertz CT molecular complexity index is 928. The third-order valence-electron chi connectivity index (χ3n) is 4.45. The summed E-state index contributed by atoms with van der Waals surface area (Å²) in [5, 5.41) is 7.66. The molecule has 4 rings (SSSR count). The van der Waals surface area contributed by atoms with Gasteiger partial charge in [-0.25, -0.2) is 4.79 Å². The lowest BCUT2D eigenvalue weighted by atomic mass is 10.2. The zero-order valence-corrected chi connectivity index (χ0v) is 15.2. The molecule has 0 amide bonds. The van der Waals surface area contributed by atoms with E-state index in [0.717, 1.165) is 28.1 Å². The van der Waals surface area contributed by atoms with Crippen molar-refractivity contribution in [1.82, 2.24) is 5.01 Å². The lowest BCUT2D eigenvalue weighted by Gasteiger charge is -2.23. The Labute approximate surface area is 156 Å². The molecule has 1 fully saturated rings. The lowest BCUT2D eigenvalue weighted by Crippen LogP contribution is -2.24. The van der Waals surface area contributed by atoms with Crippen LogP contribution in [0.25, 0.3) is 10.1 Å². The van der Waals surface area contributed by atoms with Crippen molar-refractivity contribution < 1.29 is 9.53 Å². The summed E-state index contributed by atoms with van der Waals surface area (Å²) in [5.41, 5.74) is 0.543. The summed E-state index contributed by atoms with van der Waals surface area (Å²) in [6, 6.07) is 17.1. The van der Waals surface area contributed by atoms with Crippen LogP contribution < -0.4 is 4.74 Å². The van der Waals surface area contributed by atoms with Crippen LogP contribution in [0.1, 0.15) is 34.5 Å². The molecule has 0 saturated carbocycles. The van der Waals surface area contributed by atoms with Crippen molar-refractivity contribution >= 4 is 33.6 Å². The minimum absolute atomic E-state index is 0.346. The molecule has 132 valence electrons. The predicted octanol–water partition coefficient (Wildman–Crippen LogP) is 4.94. The number of hydrogen-bond donors (Lipinski definition) is 0. The Morgan fingerprint density at radius 3 is 2.54 bits per heavy atom. The minimum atomic E-state index is -0.346. The van der Waals surface area contributed by atoms with Crippen molar-refractivity contribution in [3.8, 4) is 5.75 Å². The molecule has 1 saturated heterocycles. The van der Waals surface area contributed by atoms with E-state index in [4.69, 9.17) is 4.74 Å². The zero-order valence-electron chi connectivity index (χ0n) is 14.4. The highest BCUT2D eigenvalue weighted by Crippen LogP contribution is 2.37. The fourth-order valence-corrected chi connectivity index (χ4v) is 4.08. The Balaban J connectivity index is 1.65. The lowest BCUT2D eigenvalue weighted by molar-refractivity contribution is 0.0737. The first-order valence-corrected chi connectivity index (χ1v) is 9.70. The van der Waals surface area contributed by atoms with Crippen LogP contribution in [0.3, 0.4) is 0 Å². The Morgan fingerprint density at radius 1 is 1.00 bits per heavy atom. The maximum atomic E-state index is 12.5. The number of fused-ring (bicyclic) bond motifs is 1. The van der Waals surface area contributed by atoms with E-state index < -0.39 is 0 Å². The van der Waals surface area contributed by atoms with Gasteiger partial charge in [-0.15, -0.1) is 11.3 Å². The van der Waals surface area contributed by atoms with Gasteiger partial charge in [-0.1, -0.05) is 30.3 Å². The number of hydrogen-bond acceptors (Lipinski definition) is 5. The molecule has 0 N–H and O–H groups in total. The van der Waals surface area contributed by atoms with Gasteiger partial charge in [0.05, 0.1) is 16.7 Å². The molecule has 1 aliphatic heterocycles. The van der Waals surface area contributed by atoms with Crippen LogP contribution in [0.2, 0.25) is 0 Å². The molecule has 0 atom stereocenters. The number of carbonyl (C=O) groups excluding carboxylic acids is 1. The summed E-state index contributed by atoms with van der Waals surface area (Å²) in [6.07, 6.45) is 5.47. The second-order valence-electron chi connectivity index (χ2n) is 6.31. The maximum Gasteiger partial charge on any atom is 0.343 e. The molecule has 4 nitrogen and oxygen atoms in total. The van der Waals surface area contributed by atoms with E-state index in [2.05, 4.69) is 10.1 Å². The molecule has 0 radical (unpaired) electrons. The largest absolute Gasteiger partial charge is 0.421 e. The molecular formula is C21H20N2O2S. The van der Waals surface area contributed by atoms with Gasteiger partial charge in [0.25, 0.3) is 0 Å². The van der Waals surface area contributed by atoms with Crippen molar-refractivity contribution in [2.24, 2.45) is 5.10 Å². The van der Waals surface area contributed by atoms with Crippen molar-refractivity contribution in [3.63, 3.8) is 0 Å². The van der Waals surface area contributed by atoms with Crippen LogP contribution in [0.5, 0.6) is 5.75 Å². The topological polar surface area (TPSA) is 41.9 Å². The number of nitrogens with zero attached hydrogens (tertiary/aromatic N) is 2. The smallest absolute Gasteiger partial charge is 0.343 e. The Kier molecular flexibility index (Phi) is 4.97. The van der Waals surface area contributed by atoms with Gasteiger partial charge in [0.15, 0.2) is 5.75 Å². The van der Waals surface area contributed by atoms with E-state index in [1.165, 1.54) is 19.3 Å². The summed E-state index contributed by atoms with van der Waals surface area (Å²) in [4.78, 5) is 13.4. The number of piperidine rings is 1. The van der Waals surface area contributed by atoms with Crippen LogP contribution in [0.4, 0.5) is 0 Å². The van der Waals surface area contributed by atoms with Gasteiger partial charge in [0.2, 0.25) is 0 Å². The molecule has 3 aromatic rings. The first-order chi connectivity index (χ1) is 12.8. The molecule has 5 heteroatoms. The summed E-state index contributed by atoms with van der Waals surface area (Å²) in [5.74, 6) is 0.252. The van der Waals surface area contributed by atoms with Crippen LogP contribution in [0, 0.1) is 0 Å². The molecule has 0 unspecified atom stereocenters. The van der Waals surface area contributed by atoms with Crippen molar-refractivity contribution in [3.05, 3.63) is 65.0 Å². The number of esters is 1. The van der Waals surface area contributed by atoms with Gasteiger partial charge in [-0.2, -0.15) is 5.10 Å². The van der Waals surface area contributed by atoms with Gasteiger partial charge in [0.1, 0.15) is 0 Å². The van der Waals surface area contributed by atoms with Gasteiger partial charge in [-0.05, 0) is 43.5 Å². The third-order valence-corrected chi connectivity index (χ3v) is 5.54. The first-order valence-electron chi connectivity index (χ1n) is 8.89. The van der Waals surface area contributed by atoms with Crippen LogP contribution >= 0.6 is 11.3 Å². The Hall–Kier alpha value is -2.66. The van der Waals surface area contributed by atoms with Gasteiger partial charge in [0, 0.05) is 23.2 Å². The normalized spacial score (nSPS) is 14.8. The standard InChI is InChI=1S/C21H20N2O2S/c24-21(16-9-3-1-4-10-16)25-20-17-11-5-6-12-18(17)26-19(20)15-22-23-13-7-2-8-14-23/h1,3-6,9-12,15H,2,7-8,13-14H2/b22-15-. The highest BCUT2D eigenvalue weighted by molar-refractivity contribution is 7.21. The summed E-state index contributed by atoms with van der Waals surface area (Å²) in [6.45, 7) is 1.97. The number of thiophene rings is 1. The molecule has 2 heterocycles. The maximum absolute atomic E-state index is 12.5. The average molecular weight is 364 g/mol. The van der Waals surface area contributed by atoms with E-state index in [1.54, 1.807) is 23.5 Å². The highest BCUT2D eigenvalue weighted by atomic mass is 32.1. The van der Waals surface area contributed by atoms with Crippen molar-refractivity contribution in [2.45, 2.75) is 19.3 Å². The summed E-state index contributed by atoms with van der Waals surface area (Å²) >= 11 is 1.60. The average Bonchev–Trinajstić information content (AvgIpc) is 3.05. The van der Waals surface area contributed by atoms with Gasteiger partial charge >= 0.3 is 5.97 Å². The second kappa shape index (κ2) is 7.70. The fourth-order valence-electron chi connectivity index (χ4n) is 3.08. The minimum Gasteiger partial charge on any atom is -0.421 e. The third kappa shape index (κ3) is 3.63. The summed E-state index contributed by atoms with van der Waals surface area (Å²) < 4.78 is 6.87. The number of carbonyl (C=O) groups is 1. The number of ether oxygens (including phenoxy) is 1. The molecule has 1 aromatic heterocycles. The molecule has 1 aliphatic rings. The molecule has 0 bridgehead atoms. The monoisotopic (exact) mass is 364 g/mol. The van der Waals surface area contributed by atoms with E-state index in [1.807, 2.05) is 48.7 Å². The quantitative estimate of drug-likeness (QED) is 0.486. The number of hydrazone groups is 1. The van der Waals surface area contributed by atoms with Gasteiger partial charge in [-0.3, -0.25) is 5.01 Å². The van der Waals surface area contributed by atoms with Gasteiger partial charge < -0.3 is 4.74 Å². The van der Waals surface area contributed by atoms with Crippen LogP contribution in [-0.2, 0) is 0 Å². The highest BCUT2D eigenvalue weighted by Gasteiger charge is 2.17. The van der Waals surface area contributed by atoms with Crippen molar-refractivity contribution in [1.29, 1.82) is 0 Å². The first kappa shape index (κ1) is 16.8. The number of rotatable bonds is 4. The van der Waals surface area contributed by atoms with E-state index in [9.17, 15) is 4.79 Å². The fraction of sp³-hybridized carbons (Fsp3) is 0.238. The number of benzene rings is 2. The van der Waals surface area contributed by atoms with Crippen LogP contribution in [-0.4, -0.2) is 30.3 Å². The molecule has 0 aliphatic carbocycles. The second-order valence-corrected chi connectivity index (χ2v) is 7.39. The van der Waals surface area contributed by atoms with E-state index in [0.29, 0.717) is 11.3 Å². The van der Waals surface area contributed by atoms with Crippen LogP contribution in [0.15, 0.2) is 59.7 Å². The molecule has 26 heavy (non-hydrogen) atoms. The summed E-state index contributed by atoms with van der Waals surface area (Å²) in [7, 11) is 0. The molecule has 2 aromatic carbocycles. The predicted molar refractivity (Wildman–Crippen MR) is 106 cm³/mol. The van der Waals surface area contributed by atoms with E-state index >= 15 is 0 Å². The Morgan fingerprint density at radius 2 is 1.73 bits per heavy atom. The van der Waals surface area contributed by atoms with Crippen molar-refractivity contribution in [2.75, 3.05) is 13.1 Å². The molecular weight excluding hydrogens is 344 g/mol. The SMILES string of the molecule is O=C(Oc1c(/C=N\N2CCCCC2)sc2ccccc12)c1ccccc1. The zero-order chi connectivity index (χ0) is 17.8. The van der Waals surface area contributed by atoms with E-state index in [-0.39, 0.29) is 5.97 Å².